The number of amides is 1. The number of rotatable bonds is 9. The lowest BCUT2D eigenvalue weighted by atomic mass is 9.89. The third-order valence-electron chi connectivity index (χ3n) is 8.72. The second-order valence-corrected chi connectivity index (χ2v) is 11.1. The van der Waals surface area contributed by atoms with Gasteiger partial charge in [0.15, 0.2) is 5.83 Å². The summed E-state index contributed by atoms with van der Waals surface area (Å²) in [5.74, 6) is 0.261. The molecule has 1 amide bonds. The fraction of sp³-hybridized carbons (Fsp3) is 0.452. The minimum atomic E-state index is -1.00. The predicted molar refractivity (Wildman–Crippen MR) is 152 cm³/mol. The second-order valence-electron chi connectivity index (χ2n) is 11.1. The summed E-state index contributed by atoms with van der Waals surface area (Å²) in [4.78, 5) is 23.3. The molecule has 3 atom stereocenters. The fourth-order valence-electron chi connectivity index (χ4n) is 6.71. The van der Waals surface area contributed by atoms with E-state index in [1.807, 2.05) is 0 Å². The number of carbonyl (C=O) groups excluding carboxylic acids is 1. The minimum Gasteiger partial charge on any atom is -0.462 e. The van der Waals surface area contributed by atoms with E-state index in [0.717, 1.165) is 35.3 Å². The topological polar surface area (TPSA) is 79.4 Å². The van der Waals surface area contributed by atoms with Crippen molar-refractivity contribution >= 4 is 22.6 Å². The highest BCUT2D eigenvalue weighted by atomic mass is 19.1. The highest BCUT2D eigenvalue weighted by Gasteiger charge is 2.37. The molecule has 2 aliphatic carbocycles. The van der Waals surface area contributed by atoms with Crippen LogP contribution >= 0.6 is 0 Å². The normalized spacial score (nSPS) is 22.1. The van der Waals surface area contributed by atoms with Gasteiger partial charge < -0.3 is 20.3 Å². The molecular weight excluding hydrogens is 493 g/mol. The van der Waals surface area contributed by atoms with E-state index in [4.69, 9.17) is 9.72 Å². The summed E-state index contributed by atoms with van der Waals surface area (Å²) in [6.07, 6.45) is 7.38. The molecule has 2 aromatic carbocycles. The number of hydrogen-bond acceptors (Lipinski definition) is 6. The Hall–Kier alpha value is -3.52. The number of hydrogen-bond donors (Lipinski definition) is 2. The van der Waals surface area contributed by atoms with Gasteiger partial charge >= 0.3 is 6.01 Å². The lowest BCUT2D eigenvalue weighted by Gasteiger charge is -2.19. The van der Waals surface area contributed by atoms with E-state index in [9.17, 15) is 9.18 Å². The van der Waals surface area contributed by atoms with E-state index in [1.165, 1.54) is 48.8 Å². The molecule has 2 N–H and O–H groups in total. The van der Waals surface area contributed by atoms with Gasteiger partial charge in [0, 0.05) is 24.5 Å². The maximum absolute atomic E-state index is 13.0. The van der Waals surface area contributed by atoms with Crippen LogP contribution in [-0.2, 0) is 11.2 Å². The second kappa shape index (κ2) is 10.9. The number of benzene rings is 2. The Labute approximate surface area is 228 Å². The Balaban J connectivity index is 1.30. The van der Waals surface area contributed by atoms with Gasteiger partial charge in [0.1, 0.15) is 12.4 Å². The molecule has 1 saturated carbocycles. The Morgan fingerprint density at radius 1 is 1.15 bits per heavy atom. The first-order chi connectivity index (χ1) is 19.0. The molecule has 0 spiro atoms. The molecule has 204 valence electrons. The van der Waals surface area contributed by atoms with Crippen molar-refractivity contribution in [3.05, 3.63) is 59.9 Å². The van der Waals surface area contributed by atoms with Crippen LogP contribution in [0.25, 0.3) is 22.0 Å². The molecule has 0 radical (unpaired) electrons. The van der Waals surface area contributed by atoms with Crippen LogP contribution in [0.15, 0.2) is 48.8 Å². The maximum atomic E-state index is 13.0. The number of ether oxygens (including phenoxy) is 1. The summed E-state index contributed by atoms with van der Waals surface area (Å²) in [5.41, 5.74) is 6.29. The van der Waals surface area contributed by atoms with Crippen molar-refractivity contribution in [1.82, 2.24) is 20.2 Å². The van der Waals surface area contributed by atoms with Gasteiger partial charge in [-0.1, -0.05) is 37.3 Å². The van der Waals surface area contributed by atoms with Crippen molar-refractivity contribution in [2.45, 2.75) is 50.5 Å². The van der Waals surface area contributed by atoms with Crippen molar-refractivity contribution < 1.29 is 13.9 Å². The highest BCUT2D eigenvalue weighted by Crippen LogP contribution is 2.51. The fourth-order valence-corrected chi connectivity index (χ4v) is 6.71. The van der Waals surface area contributed by atoms with Gasteiger partial charge in [0.05, 0.1) is 5.52 Å². The molecule has 1 aromatic heterocycles. The number of aromatic nitrogens is 2. The minimum absolute atomic E-state index is 0.229. The van der Waals surface area contributed by atoms with Crippen LogP contribution in [0, 0.1) is 5.92 Å². The van der Waals surface area contributed by atoms with Crippen molar-refractivity contribution in [2.75, 3.05) is 38.6 Å². The van der Waals surface area contributed by atoms with Crippen LogP contribution in [-0.4, -0.2) is 60.1 Å². The molecule has 2 unspecified atom stereocenters. The van der Waals surface area contributed by atoms with Gasteiger partial charge in [0.2, 0.25) is 0 Å². The third kappa shape index (κ3) is 5.22. The van der Waals surface area contributed by atoms with Crippen molar-refractivity contribution in [3.8, 4) is 17.1 Å². The van der Waals surface area contributed by atoms with Crippen LogP contribution in [0.3, 0.4) is 0 Å². The van der Waals surface area contributed by atoms with Crippen molar-refractivity contribution in [1.29, 1.82) is 0 Å². The molecule has 2 fully saturated rings. The molecule has 0 bridgehead atoms. The summed E-state index contributed by atoms with van der Waals surface area (Å²) < 4.78 is 19.1. The van der Waals surface area contributed by atoms with Crippen LogP contribution in [0.1, 0.15) is 49.1 Å². The summed E-state index contributed by atoms with van der Waals surface area (Å²) >= 11 is 0. The van der Waals surface area contributed by atoms with E-state index in [1.54, 1.807) is 0 Å². The molecular formula is C31H36FN5O2. The van der Waals surface area contributed by atoms with Gasteiger partial charge in [-0.25, -0.2) is 4.39 Å². The number of nitrogens with zero attached hydrogens (tertiary/aromatic N) is 3. The number of carbonyl (C=O) groups is 1. The average molecular weight is 530 g/mol. The zero-order chi connectivity index (χ0) is 26.9. The highest BCUT2D eigenvalue weighted by molar-refractivity contribution is 5.93. The molecule has 2 heterocycles. The number of anilines is 1. The summed E-state index contributed by atoms with van der Waals surface area (Å²) in [6.45, 7) is 5.24. The Kier molecular flexibility index (Phi) is 7.21. The first-order valence-electron chi connectivity index (χ1n) is 14.1. The number of fused-ring (bicyclic) bond motifs is 4. The van der Waals surface area contributed by atoms with Crippen LogP contribution in [0.5, 0.6) is 6.01 Å². The van der Waals surface area contributed by atoms with Gasteiger partial charge in [-0.2, -0.15) is 9.97 Å². The summed E-state index contributed by atoms with van der Waals surface area (Å²) in [6, 6.07) is 13.8. The standard InChI is InChI=1S/C31H36FN5O2/c1-19(32)30(38)34-14-13-33-29-26-12-11-21(25-10-4-7-22-16-20-6-3-9-24(20)28(22)25)17-27(26)35-31(36-29)39-18-23-8-5-15-37(23)2/h4,7,10-12,17,20,23-24H,1,3,5-6,8-9,13-16,18H2,2H3,(H,34,38)(H,33,35,36)/t20?,23-,24?/m0/s1. The molecule has 8 heteroatoms. The predicted octanol–water partition coefficient (Wildman–Crippen LogP) is 5.22. The van der Waals surface area contributed by atoms with Gasteiger partial charge in [0.25, 0.3) is 5.91 Å². The van der Waals surface area contributed by atoms with E-state index in [-0.39, 0.29) is 6.54 Å². The maximum Gasteiger partial charge on any atom is 0.318 e. The van der Waals surface area contributed by atoms with Crippen LogP contribution < -0.4 is 15.4 Å². The number of likely N-dealkylation sites (N-methyl/N-ethyl adjacent to an activating group) is 1. The monoisotopic (exact) mass is 529 g/mol. The smallest absolute Gasteiger partial charge is 0.318 e. The third-order valence-corrected chi connectivity index (χ3v) is 8.72. The van der Waals surface area contributed by atoms with Gasteiger partial charge in [-0.15, -0.1) is 0 Å². The van der Waals surface area contributed by atoms with Crippen molar-refractivity contribution in [3.63, 3.8) is 0 Å². The lowest BCUT2D eigenvalue weighted by Crippen LogP contribution is -2.31. The molecule has 1 saturated heterocycles. The molecule has 7 nitrogen and oxygen atoms in total. The van der Waals surface area contributed by atoms with E-state index in [2.05, 4.69) is 70.5 Å². The Bertz CT molecular complexity index is 1410. The van der Waals surface area contributed by atoms with Crippen molar-refractivity contribution in [2.24, 2.45) is 5.92 Å². The number of halogens is 1. The van der Waals surface area contributed by atoms with Gasteiger partial charge in [-0.05, 0) is 91.9 Å². The molecule has 6 rings (SSSR count). The van der Waals surface area contributed by atoms with Crippen LogP contribution in [0.2, 0.25) is 0 Å². The quantitative estimate of drug-likeness (QED) is 0.292. The first kappa shape index (κ1) is 25.7. The largest absolute Gasteiger partial charge is 0.462 e. The van der Waals surface area contributed by atoms with E-state index >= 15 is 0 Å². The number of likely N-dealkylation sites (tertiary alicyclic amines) is 1. The summed E-state index contributed by atoms with van der Waals surface area (Å²) in [5, 5.41) is 6.65. The van der Waals surface area contributed by atoms with Crippen LogP contribution in [0.4, 0.5) is 10.2 Å². The Morgan fingerprint density at radius 3 is 2.87 bits per heavy atom. The number of nitrogens with one attached hydrogen (secondary N) is 2. The molecule has 3 aromatic rings. The van der Waals surface area contributed by atoms with E-state index in [0.29, 0.717) is 36.9 Å². The molecule has 3 aliphatic rings. The first-order valence-corrected chi connectivity index (χ1v) is 14.1. The molecule has 39 heavy (non-hydrogen) atoms. The zero-order valence-corrected chi connectivity index (χ0v) is 22.5. The SMILES string of the molecule is C=C(F)C(=O)NCCNc1nc(OC[C@@H]2CCCN2C)nc2cc(-c3cccc4c3C3CCCC3C4)ccc12. The van der Waals surface area contributed by atoms with Gasteiger partial charge in [-0.3, -0.25) is 4.79 Å². The molecule has 1 aliphatic heterocycles. The Morgan fingerprint density at radius 2 is 2.05 bits per heavy atom. The lowest BCUT2D eigenvalue weighted by molar-refractivity contribution is -0.118. The summed E-state index contributed by atoms with van der Waals surface area (Å²) in [7, 11) is 2.12. The zero-order valence-electron chi connectivity index (χ0n) is 22.5. The van der Waals surface area contributed by atoms with E-state index < -0.39 is 11.7 Å². The average Bonchev–Trinajstić information content (AvgIpc) is 3.65.